The van der Waals surface area contributed by atoms with Gasteiger partial charge in [-0.15, -0.1) is 11.3 Å². The minimum absolute atomic E-state index is 0.104. The minimum Gasteiger partial charge on any atom is -0.266 e. The van der Waals surface area contributed by atoms with E-state index >= 15 is 0 Å². The van der Waals surface area contributed by atoms with Crippen molar-refractivity contribution >= 4 is 33.3 Å². The number of aromatic nitrogens is 3. The molecular weight excluding hydrogens is 364 g/mol. The number of hydrogen-bond donors (Lipinski definition) is 0. The number of para-hydroxylation sites is 2. The van der Waals surface area contributed by atoms with Crippen molar-refractivity contribution in [2.24, 2.45) is 0 Å². The average molecular weight is 376 g/mol. The standard InChI is InChI=1S/C19H12N4OS2/c1-12-14(11-20)18(24)23(13-7-3-2-4-8-13)22-17(12)26-19-21-15-9-5-6-10-16(15)25-19/h2-10H,1H3. The smallest absolute Gasteiger partial charge is 0.266 e. The van der Waals surface area contributed by atoms with Crippen LogP contribution in [-0.4, -0.2) is 14.8 Å². The lowest BCUT2D eigenvalue weighted by molar-refractivity contribution is 0.739. The Morgan fingerprint density at radius 2 is 1.85 bits per heavy atom. The number of rotatable bonds is 3. The molecule has 0 aliphatic carbocycles. The first-order chi connectivity index (χ1) is 12.7. The van der Waals surface area contributed by atoms with Crippen molar-refractivity contribution < 1.29 is 0 Å². The van der Waals surface area contributed by atoms with Crippen LogP contribution in [0.5, 0.6) is 0 Å². The summed E-state index contributed by atoms with van der Waals surface area (Å²) in [5.41, 5.74) is 1.82. The second-order valence-electron chi connectivity index (χ2n) is 5.52. The molecule has 0 saturated carbocycles. The van der Waals surface area contributed by atoms with Crippen LogP contribution in [0, 0.1) is 18.3 Å². The highest BCUT2D eigenvalue weighted by atomic mass is 32.2. The van der Waals surface area contributed by atoms with Gasteiger partial charge in [0.1, 0.15) is 16.7 Å². The molecule has 0 N–H and O–H groups in total. The molecule has 0 amide bonds. The molecule has 0 radical (unpaired) electrons. The van der Waals surface area contributed by atoms with Crippen molar-refractivity contribution in [1.82, 2.24) is 14.8 Å². The van der Waals surface area contributed by atoms with Gasteiger partial charge in [0, 0.05) is 5.56 Å². The van der Waals surface area contributed by atoms with Crippen LogP contribution in [0.2, 0.25) is 0 Å². The zero-order chi connectivity index (χ0) is 18.1. The van der Waals surface area contributed by atoms with Crippen LogP contribution < -0.4 is 5.56 Å². The van der Waals surface area contributed by atoms with Gasteiger partial charge in [0.15, 0.2) is 4.34 Å². The number of thiazole rings is 1. The molecule has 0 unspecified atom stereocenters. The zero-order valence-electron chi connectivity index (χ0n) is 13.7. The summed E-state index contributed by atoms with van der Waals surface area (Å²) in [7, 11) is 0. The first kappa shape index (κ1) is 16.5. The lowest BCUT2D eigenvalue weighted by Crippen LogP contribution is -2.25. The van der Waals surface area contributed by atoms with E-state index in [-0.39, 0.29) is 5.56 Å². The van der Waals surface area contributed by atoms with Crippen molar-refractivity contribution in [3.8, 4) is 11.8 Å². The van der Waals surface area contributed by atoms with Gasteiger partial charge < -0.3 is 0 Å². The molecule has 4 aromatic rings. The van der Waals surface area contributed by atoms with Crippen molar-refractivity contribution in [1.29, 1.82) is 5.26 Å². The Labute approximate surface area is 157 Å². The molecule has 0 aliphatic rings. The Kier molecular flexibility index (Phi) is 4.29. The zero-order valence-corrected chi connectivity index (χ0v) is 15.3. The van der Waals surface area contributed by atoms with E-state index in [2.05, 4.69) is 10.1 Å². The van der Waals surface area contributed by atoms with E-state index in [4.69, 9.17) is 0 Å². The predicted octanol–water partition coefficient (Wildman–Crippen LogP) is 4.17. The maximum absolute atomic E-state index is 12.6. The van der Waals surface area contributed by atoms with Gasteiger partial charge in [-0.05, 0) is 43.0 Å². The third kappa shape index (κ3) is 2.90. The highest BCUT2D eigenvalue weighted by Crippen LogP contribution is 2.35. The molecule has 4 rings (SSSR count). The van der Waals surface area contributed by atoms with Crippen LogP contribution in [0.15, 0.2) is 68.8 Å². The number of fused-ring (bicyclic) bond motifs is 1. The Morgan fingerprint density at radius 1 is 1.12 bits per heavy atom. The lowest BCUT2D eigenvalue weighted by Gasteiger charge is -2.10. The van der Waals surface area contributed by atoms with E-state index in [9.17, 15) is 10.1 Å². The molecule has 7 heteroatoms. The molecule has 0 spiro atoms. The Hall–Kier alpha value is -2.95. The summed E-state index contributed by atoms with van der Waals surface area (Å²) < 4.78 is 3.19. The highest BCUT2D eigenvalue weighted by Gasteiger charge is 2.17. The molecule has 0 bridgehead atoms. The average Bonchev–Trinajstić information content (AvgIpc) is 3.07. The Morgan fingerprint density at radius 3 is 2.58 bits per heavy atom. The summed E-state index contributed by atoms with van der Waals surface area (Å²) in [6.45, 7) is 1.75. The van der Waals surface area contributed by atoms with Gasteiger partial charge in [0.05, 0.1) is 15.9 Å². The molecule has 0 saturated heterocycles. The maximum atomic E-state index is 12.6. The summed E-state index contributed by atoms with van der Waals surface area (Å²) in [5, 5.41) is 14.6. The van der Waals surface area contributed by atoms with Gasteiger partial charge in [0.25, 0.3) is 5.56 Å². The molecule has 2 aromatic heterocycles. The molecule has 26 heavy (non-hydrogen) atoms. The first-order valence-electron chi connectivity index (χ1n) is 7.80. The molecule has 0 atom stereocenters. The monoisotopic (exact) mass is 376 g/mol. The van der Waals surface area contributed by atoms with Crippen LogP contribution in [0.1, 0.15) is 11.1 Å². The molecule has 0 fully saturated rings. The molecule has 5 nitrogen and oxygen atoms in total. The first-order valence-corrected chi connectivity index (χ1v) is 9.43. The minimum atomic E-state index is -0.412. The molecule has 126 valence electrons. The van der Waals surface area contributed by atoms with Crippen molar-refractivity contribution in [2.75, 3.05) is 0 Å². The van der Waals surface area contributed by atoms with Gasteiger partial charge >= 0.3 is 0 Å². The van der Waals surface area contributed by atoms with Gasteiger partial charge in [-0.3, -0.25) is 4.79 Å². The van der Waals surface area contributed by atoms with Gasteiger partial charge in [-0.1, -0.05) is 30.3 Å². The summed E-state index contributed by atoms with van der Waals surface area (Å²) in [6, 6.07) is 19.0. The van der Waals surface area contributed by atoms with E-state index in [1.807, 2.05) is 48.5 Å². The van der Waals surface area contributed by atoms with E-state index in [0.717, 1.165) is 14.6 Å². The predicted molar refractivity (Wildman–Crippen MR) is 103 cm³/mol. The normalized spacial score (nSPS) is 10.8. The van der Waals surface area contributed by atoms with E-state index in [1.54, 1.807) is 30.4 Å². The molecule has 0 aliphatic heterocycles. The van der Waals surface area contributed by atoms with Gasteiger partial charge in [-0.2, -0.15) is 15.0 Å². The second-order valence-corrected chi connectivity index (χ2v) is 7.79. The summed E-state index contributed by atoms with van der Waals surface area (Å²) >= 11 is 2.93. The summed E-state index contributed by atoms with van der Waals surface area (Å²) in [4.78, 5) is 17.2. The Balaban J connectivity index is 1.85. The van der Waals surface area contributed by atoms with E-state index in [1.165, 1.54) is 16.4 Å². The van der Waals surface area contributed by atoms with Crippen LogP contribution in [0.25, 0.3) is 15.9 Å². The molecule has 2 aromatic carbocycles. The fourth-order valence-corrected chi connectivity index (χ4v) is 4.59. The van der Waals surface area contributed by atoms with Crippen LogP contribution in [0.4, 0.5) is 0 Å². The van der Waals surface area contributed by atoms with Crippen molar-refractivity contribution in [2.45, 2.75) is 16.3 Å². The number of hydrogen-bond acceptors (Lipinski definition) is 6. The summed E-state index contributed by atoms with van der Waals surface area (Å²) in [6.07, 6.45) is 0. The Bertz CT molecular complexity index is 1170. The van der Waals surface area contributed by atoms with E-state index in [0.29, 0.717) is 16.3 Å². The SMILES string of the molecule is Cc1c(Sc2nc3ccccc3s2)nn(-c2ccccc2)c(=O)c1C#N. The third-order valence-electron chi connectivity index (χ3n) is 3.86. The molecule has 2 heterocycles. The maximum Gasteiger partial charge on any atom is 0.289 e. The largest absolute Gasteiger partial charge is 0.289 e. The van der Waals surface area contributed by atoms with Crippen LogP contribution in [0.3, 0.4) is 0 Å². The van der Waals surface area contributed by atoms with Crippen molar-refractivity contribution in [3.05, 3.63) is 76.1 Å². The number of nitrogens with zero attached hydrogens (tertiary/aromatic N) is 4. The topological polar surface area (TPSA) is 71.6 Å². The van der Waals surface area contributed by atoms with Gasteiger partial charge in [0.2, 0.25) is 0 Å². The number of nitriles is 1. The fourth-order valence-electron chi connectivity index (χ4n) is 2.53. The fraction of sp³-hybridized carbons (Fsp3) is 0.0526. The lowest BCUT2D eigenvalue weighted by atomic mass is 10.2. The molecular formula is C19H12N4OS2. The third-order valence-corrected chi connectivity index (χ3v) is 6.04. The quantitative estimate of drug-likeness (QED) is 0.536. The van der Waals surface area contributed by atoms with Crippen molar-refractivity contribution in [3.63, 3.8) is 0 Å². The van der Waals surface area contributed by atoms with Gasteiger partial charge in [-0.25, -0.2) is 4.98 Å². The summed E-state index contributed by atoms with van der Waals surface area (Å²) in [5.74, 6) is 0. The highest BCUT2D eigenvalue weighted by molar-refractivity contribution is 8.01. The van der Waals surface area contributed by atoms with E-state index < -0.39 is 5.56 Å². The second kappa shape index (κ2) is 6.75. The van der Waals surface area contributed by atoms with Crippen LogP contribution >= 0.6 is 23.1 Å². The number of benzene rings is 2. The van der Waals surface area contributed by atoms with Crippen LogP contribution in [-0.2, 0) is 0 Å².